The maximum absolute atomic E-state index is 11.5. The van der Waals surface area contributed by atoms with E-state index in [1.165, 1.54) is 14.2 Å². The Morgan fingerprint density at radius 1 is 1.44 bits per heavy atom. The minimum Gasteiger partial charge on any atom is -0.385 e. The number of methoxy groups -OCH3 is 2. The monoisotopic (exact) mass is 234 g/mol. The molecule has 1 N–H and O–H groups in total. The molecule has 1 rings (SSSR count). The average Bonchev–Trinajstić information content (AvgIpc) is 2.23. The number of hydrogen-bond acceptors (Lipinski definition) is 6. The van der Waals surface area contributed by atoms with Gasteiger partial charge in [0.05, 0.1) is 0 Å². The number of ketones is 1. The summed E-state index contributed by atoms with van der Waals surface area (Å²) in [6.07, 6.45) is -3.07. The molecule has 1 heterocycles. The second kappa shape index (κ2) is 5.20. The molecule has 16 heavy (non-hydrogen) atoms. The normalized spacial score (nSPS) is 27.1. The highest BCUT2D eigenvalue weighted by Crippen LogP contribution is 2.23. The lowest BCUT2D eigenvalue weighted by atomic mass is 10.1. The molecule has 0 unspecified atom stereocenters. The van der Waals surface area contributed by atoms with Gasteiger partial charge in [-0.25, -0.2) is 0 Å². The second-order valence-electron chi connectivity index (χ2n) is 4.02. The Balaban J connectivity index is 2.72. The highest BCUT2D eigenvalue weighted by atomic mass is 16.7. The Hall–Kier alpha value is -0.530. The predicted molar refractivity (Wildman–Crippen MR) is 53.7 cm³/mol. The fourth-order valence-electron chi connectivity index (χ4n) is 1.51. The zero-order chi connectivity index (χ0) is 12.3. The van der Waals surface area contributed by atoms with Gasteiger partial charge in [-0.2, -0.15) is 0 Å². The Morgan fingerprint density at radius 2 is 2.00 bits per heavy atom. The third-order valence-corrected chi connectivity index (χ3v) is 2.34. The van der Waals surface area contributed by atoms with Gasteiger partial charge in [-0.1, -0.05) is 0 Å². The molecule has 0 aromatic heterocycles. The van der Waals surface area contributed by atoms with E-state index in [9.17, 15) is 9.90 Å². The van der Waals surface area contributed by atoms with Gasteiger partial charge in [-0.3, -0.25) is 4.79 Å². The molecule has 1 saturated heterocycles. The molecule has 0 aromatic rings. The van der Waals surface area contributed by atoms with E-state index < -0.39 is 24.3 Å². The fourth-order valence-corrected chi connectivity index (χ4v) is 1.51. The lowest BCUT2D eigenvalue weighted by Gasteiger charge is -2.38. The van der Waals surface area contributed by atoms with Gasteiger partial charge in [-0.05, 0) is 13.8 Å². The van der Waals surface area contributed by atoms with Crippen molar-refractivity contribution in [1.82, 2.24) is 0 Å². The van der Waals surface area contributed by atoms with Gasteiger partial charge in [0, 0.05) is 14.2 Å². The summed E-state index contributed by atoms with van der Waals surface area (Å²) in [4.78, 5) is 11.5. The first-order chi connectivity index (χ1) is 7.41. The minimum absolute atomic E-state index is 0.0884. The number of ether oxygens (including phenoxy) is 4. The van der Waals surface area contributed by atoms with E-state index in [4.69, 9.17) is 18.9 Å². The number of carbonyl (C=O) groups excluding carboxylic acids is 1. The largest absolute Gasteiger partial charge is 0.385 e. The van der Waals surface area contributed by atoms with E-state index >= 15 is 0 Å². The van der Waals surface area contributed by atoms with Crippen LogP contribution in [0.1, 0.15) is 13.8 Å². The van der Waals surface area contributed by atoms with E-state index in [0.717, 1.165) is 0 Å². The molecule has 0 radical (unpaired) electrons. The number of aliphatic hydroxyl groups excluding tert-OH is 1. The van der Waals surface area contributed by atoms with E-state index in [2.05, 4.69) is 0 Å². The van der Waals surface area contributed by atoms with Crippen LogP contribution in [0.3, 0.4) is 0 Å². The van der Waals surface area contributed by atoms with Crippen LogP contribution in [0.15, 0.2) is 0 Å². The molecular weight excluding hydrogens is 216 g/mol. The quantitative estimate of drug-likeness (QED) is 0.672. The SMILES string of the molecule is COC(OC)[C@H](O)[C@@H]1OC(C)(C)OCC1=O. The summed E-state index contributed by atoms with van der Waals surface area (Å²) in [5, 5.41) is 9.88. The van der Waals surface area contributed by atoms with Crippen molar-refractivity contribution < 1.29 is 28.8 Å². The van der Waals surface area contributed by atoms with E-state index in [1.54, 1.807) is 13.8 Å². The van der Waals surface area contributed by atoms with Crippen molar-refractivity contribution in [3.63, 3.8) is 0 Å². The molecule has 6 heteroatoms. The highest BCUT2D eigenvalue weighted by Gasteiger charge is 2.42. The Labute approximate surface area is 94.4 Å². The molecule has 0 bridgehead atoms. The molecular formula is C10H18O6. The minimum atomic E-state index is -1.18. The van der Waals surface area contributed by atoms with Gasteiger partial charge >= 0.3 is 0 Å². The van der Waals surface area contributed by atoms with E-state index in [0.29, 0.717) is 0 Å². The third kappa shape index (κ3) is 2.99. The van der Waals surface area contributed by atoms with Crippen LogP contribution in [-0.2, 0) is 23.7 Å². The second-order valence-corrected chi connectivity index (χ2v) is 4.02. The zero-order valence-electron chi connectivity index (χ0n) is 9.93. The third-order valence-electron chi connectivity index (χ3n) is 2.34. The maximum Gasteiger partial charge on any atom is 0.190 e. The van der Waals surface area contributed by atoms with Crippen LogP contribution in [0.4, 0.5) is 0 Å². The standard InChI is InChI=1S/C10H18O6/c1-10(2)15-5-6(11)8(16-10)7(12)9(13-3)14-4/h7-9,12H,5H2,1-4H3/t7-,8-/m1/s1. The smallest absolute Gasteiger partial charge is 0.190 e. The highest BCUT2D eigenvalue weighted by molar-refractivity contribution is 5.85. The molecule has 94 valence electrons. The van der Waals surface area contributed by atoms with Gasteiger partial charge in [0.1, 0.15) is 12.7 Å². The lowest BCUT2D eigenvalue weighted by molar-refractivity contribution is -0.289. The summed E-state index contributed by atoms with van der Waals surface area (Å²) in [6, 6.07) is 0. The first-order valence-electron chi connectivity index (χ1n) is 4.99. The van der Waals surface area contributed by atoms with Gasteiger partial charge in [0.15, 0.2) is 24.0 Å². The molecule has 0 aromatic carbocycles. The summed E-state index contributed by atoms with van der Waals surface area (Å²) in [6.45, 7) is 3.26. The molecule has 0 aliphatic carbocycles. The van der Waals surface area contributed by atoms with Crippen molar-refractivity contribution in [2.75, 3.05) is 20.8 Å². The van der Waals surface area contributed by atoms with Crippen molar-refractivity contribution in [3.8, 4) is 0 Å². The van der Waals surface area contributed by atoms with Crippen molar-refractivity contribution in [1.29, 1.82) is 0 Å². The van der Waals surface area contributed by atoms with Crippen molar-refractivity contribution in [2.24, 2.45) is 0 Å². The van der Waals surface area contributed by atoms with Gasteiger partial charge in [0.25, 0.3) is 0 Å². The lowest BCUT2D eigenvalue weighted by Crippen LogP contribution is -2.54. The van der Waals surface area contributed by atoms with Crippen LogP contribution in [0, 0.1) is 0 Å². The van der Waals surface area contributed by atoms with Crippen LogP contribution < -0.4 is 0 Å². The van der Waals surface area contributed by atoms with E-state index in [1.807, 2.05) is 0 Å². The van der Waals surface area contributed by atoms with E-state index in [-0.39, 0.29) is 12.4 Å². The first kappa shape index (κ1) is 13.5. The van der Waals surface area contributed by atoms with Gasteiger partial charge < -0.3 is 24.1 Å². The van der Waals surface area contributed by atoms with Crippen LogP contribution >= 0.6 is 0 Å². The van der Waals surface area contributed by atoms with Crippen molar-refractivity contribution in [3.05, 3.63) is 0 Å². The van der Waals surface area contributed by atoms with Gasteiger partial charge in [-0.15, -0.1) is 0 Å². The summed E-state index contributed by atoms with van der Waals surface area (Å²) < 4.78 is 20.3. The molecule has 0 saturated carbocycles. The molecule has 0 amide bonds. The number of rotatable bonds is 4. The summed E-state index contributed by atoms with van der Waals surface area (Å²) in [5.41, 5.74) is 0. The number of hydrogen-bond donors (Lipinski definition) is 1. The average molecular weight is 234 g/mol. The summed E-state index contributed by atoms with van der Waals surface area (Å²) >= 11 is 0. The molecule has 1 fully saturated rings. The molecule has 1 aliphatic heterocycles. The molecule has 1 aliphatic rings. The van der Waals surface area contributed by atoms with Crippen molar-refractivity contribution >= 4 is 5.78 Å². The van der Waals surface area contributed by atoms with Crippen LogP contribution in [-0.4, -0.2) is 56.0 Å². The molecule has 2 atom stereocenters. The Kier molecular flexibility index (Phi) is 4.40. The Bertz CT molecular complexity index is 248. The number of carbonyl (C=O) groups is 1. The first-order valence-corrected chi connectivity index (χ1v) is 4.99. The van der Waals surface area contributed by atoms with Crippen LogP contribution in [0.5, 0.6) is 0 Å². The van der Waals surface area contributed by atoms with Crippen molar-refractivity contribution in [2.45, 2.75) is 38.1 Å². The summed E-state index contributed by atoms with van der Waals surface area (Å²) in [5.74, 6) is -1.23. The van der Waals surface area contributed by atoms with Crippen LogP contribution in [0.2, 0.25) is 0 Å². The topological polar surface area (TPSA) is 74.2 Å². The predicted octanol–water partition coefficient (Wildman–Crippen LogP) is -0.313. The summed E-state index contributed by atoms with van der Waals surface area (Å²) in [7, 11) is 2.76. The number of Topliss-reactive ketones (excluding diaryl/α,β-unsaturated/α-hetero) is 1. The van der Waals surface area contributed by atoms with Gasteiger partial charge in [0.2, 0.25) is 0 Å². The van der Waals surface area contributed by atoms with Crippen LogP contribution in [0.25, 0.3) is 0 Å². The Morgan fingerprint density at radius 3 is 2.50 bits per heavy atom. The number of aliphatic hydroxyl groups is 1. The molecule has 6 nitrogen and oxygen atoms in total. The maximum atomic E-state index is 11.5. The molecule has 0 spiro atoms. The zero-order valence-corrected chi connectivity index (χ0v) is 9.93. The fraction of sp³-hybridized carbons (Fsp3) is 0.900.